The molecule has 0 saturated heterocycles. The number of rotatable bonds is 6. The fraction of sp³-hybridized carbons (Fsp3) is 0.417. The van der Waals surface area contributed by atoms with E-state index < -0.39 is 0 Å². The van der Waals surface area contributed by atoms with Crippen LogP contribution in [0.3, 0.4) is 0 Å². The number of hydrogen-bond donors (Lipinski definition) is 2. The van der Waals surface area contributed by atoms with E-state index in [1.165, 1.54) is 0 Å². The van der Waals surface area contributed by atoms with Crippen LogP contribution in [0.25, 0.3) is 0 Å². The van der Waals surface area contributed by atoms with Crippen LogP contribution in [-0.4, -0.2) is 19.1 Å². The molecule has 0 aliphatic carbocycles. The summed E-state index contributed by atoms with van der Waals surface area (Å²) in [6, 6.07) is 7.77. The number of hydrogen-bond acceptors (Lipinski definition) is 3. The molecule has 1 aromatic carbocycles. The van der Waals surface area contributed by atoms with Crippen molar-refractivity contribution in [1.82, 2.24) is 5.43 Å². The third kappa shape index (κ3) is 4.31. The number of benzene rings is 1. The average molecular weight is 222 g/mol. The minimum absolute atomic E-state index is 0.0725. The van der Waals surface area contributed by atoms with Crippen LogP contribution in [0.2, 0.25) is 0 Å². The number of amides is 1. The SMILES string of the molecule is CCOCCC(=O)NNc1ccccc1C. The van der Waals surface area contributed by atoms with E-state index in [-0.39, 0.29) is 5.91 Å². The predicted molar refractivity (Wildman–Crippen MR) is 64.1 cm³/mol. The third-order valence-electron chi connectivity index (χ3n) is 2.16. The molecule has 2 N–H and O–H groups in total. The molecule has 0 unspecified atom stereocenters. The quantitative estimate of drug-likeness (QED) is 0.570. The van der Waals surface area contributed by atoms with Crippen molar-refractivity contribution in [2.45, 2.75) is 20.3 Å². The third-order valence-corrected chi connectivity index (χ3v) is 2.16. The van der Waals surface area contributed by atoms with Crippen molar-refractivity contribution < 1.29 is 9.53 Å². The first-order chi connectivity index (χ1) is 7.74. The molecule has 88 valence electrons. The first kappa shape index (κ1) is 12.5. The minimum atomic E-state index is -0.0725. The maximum atomic E-state index is 11.3. The Bertz CT molecular complexity index is 340. The van der Waals surface area contributed by atoms with Gasteiger partial charge in [0.15, 0.2) is 0 Å². The zero-order chi connectivity index (χ0) is 11.8. The molecule has 0 atom stereocenters. The Morgan fingerprint density at radius 3 is 2.81 bits per heavy atom. The summed E-state index contributed by atoms with van der Waals surface area (Å²) in [6.45, 7) is 4.98. The first-order valence-electron chi connectivity index (χ1n) is 5.42. The lowest BCUT2D eigenvalue weighted by Crippen LogP contribution is -2.30. The molecule has 1 aromatic rings. The molecule has 0 spiro atoms. The van der Waals surface area contributed by atoms with Crippen LogP contribution in [0.1, 0.15) is 18.9 Å². The predicted octanol–water partition coefficient (Wildman–Crippen LogP) is 1.86. The van der Waals surface area contributed by atoms with Gasteiger partial charge in [0.05, 0.1) is 18.7 Å². The molecule has 0 aromatic heterocycles. The van der Waals surface area contributed by atoms with E-state index in [4.69, 9.17) is 4.74 Å². The summed E-state index contributed by atoms with van der Waals surface area (Å²) in [6.07, 6.45) is 0.368. The van der Waals surface area contributed by atoms with Crippen LogP contribution in [0.4, 0.5) is 5.69 Å². The van der Waals surface area contributed by atoms with Gasteiger partial charge in [-0.2, -0.15) is 0 Å². The number of aryl methyl sites for hydroxylation is 1. The lowest BCUT2D eigenvalue weighted by atomic mass is 10.2. The molecule has 4 nitrogen and oxygen atoms in total. The molecular weight excluding hydrogens is 204 g/mol. The number of carbonyl (C=O) groups excluding carboxylic acids is 1. The van der Waals surface area contributed by atoms with Crippen LogP contribution in [0.15, 0.2) is 24.3 Å². The second-order valence-electron chi connectivity index (χ2n) is 3.44. The summed E-state index contributed by atoms with van der Waals surface area (Å²) >= 11 is 0. The highest BCUT2D eigenvalue weighted by atomic mass is 16.5. The highest BCUT2D eigenvalue weighted by Gasteiger charge is 2.01. The molecule has 0 aliphatic heterocycles. The summed E-state index contributed by atoms with van der Waals surface area (Å²) in [4.78, 5) is 11.3. The van der Waals surface area contributed by atoms with Gasteiger partial charge in [-0.3, -0.25) is 15.6 Å². The standard InChI is InChI=1S/C12H18N2O2/c1-3-16-9-8-12(15)14-13-11-7-5-4-6-10(11)2/h4-7,13H,3,8-9H2,1-2H3,(H,14,15). The number of hydrazine groups is 1. The molecule has 0 saturated carbocycles. The molecule has 0 bridgehead atoms. The Hall–Kier alpha value is -1.55. The molecule has 0 heterocycles. The lowest BCUT2D eigenvalue weighted by molar-refractivity contribution is -0.121. The summed E-state index contributed by atoms with van der Waals surface area (Å²) in [5.41, 5.74) is 7.51. The zero-order valence-corrected chi connectivity index (χ0v) is 9.75. The fourth-order valence-corrected chi connectivity index (χ4v) is 1.22. The van der Waals surface area contributed by atoms with E-state index in [1.807, 2.05) is 38.1 Å². The molecule has 16 heavy (non-hydrogen) atoms. The summed E-state index contributed by atoms with van der Waals surface area (Å²) < 4.78 is 5.09. The lowest BCUT2D eigenvalue weighted by Gasteiger charge is -2.10. The Balaban J connectivity index is 2.29. The normalized spacial score (nSPS) is 9.88. The molecule has 0 aliphatic rings. The summed E-state index contributed by atoms with van der Waals surface area (Å²) in [5, 5.41) is 0. The monoisotopic (exact) mass is 222 g/mol. The first-order valence-corrected chi connectivity index (χ1v) is 5.42. The van der Waals surface area contributed by atoms with Gasteiger partial charge in [0, 0.05) is 6.61 Å². The van der Waals surface area contributed by atoms with Gasteiger partial charge in [0.25, 0.3) is 0 Å². The van der Waals surface area contributed by atoms with E-state index in [9.17, 15) is 4.79 Å². The van der Waals surface area contributed by atoms with Crippen LogP contribution in [0, 0.1) is 6.92 Å². The molecular formula is C12H18N2O2. The topological polar surface area (TPSA) is 50.4 Å². The minimum Gasteiger partial charge on any atom is -0.381 e. The van der Waals surface area contributed by atoms with Gasteiger partial charge < -0.3 is 4.74 Å². The van der Waals surface area contributed by atoms with Crippen molar-refractivity contribution in [3.63, 3.8) is 0 Å². The molecule has 1 amide bonds. The Morgan fingerprint density at radius 2 is 2.12 bits per heavy atom. The molecule has 0 fully saturated rings. The second-order valence-corrected chi connectivity index (χ2v) is 3.44. The highest BCUT2D eigenvalue weighted by molar-refractivity contribution is 5.77. The number of carbonyl (C=O) groups is 1. The van der Waals surface area contributed by atoms with Crippen molar-refractivity contribution >= 4 is 11.6 Å². The van der Waals surface area contributed by atoms with Crippen molar-refractivity contribution in [1.29, 1.82) is 0 Å². The Morgan fingerprint density at radius 1 is 1.38 bits per heavy atom. The van der Waals surface area contributed by atoms with Gasteiger partial charge in [-0.25, -0.2) is 0 Å². The van der Waals surface area contributed by atoms with Crippen LogP contribution >= 0.6 is 0 Å². The van der Waals surface area contributed by atoms with Crippen LogP contribution < -0.4 is 10.9 Å². The number of para-hydroxylation sites is 1. The van der Waals surface area contributed by atoms with Crippen molar-refractivity contribution in [3.8, 4) is 0 Å². The van der Waals surface area contributed by atoms with Crippen molar-refractivity contribution in [2.24, 2.45) is 0 Å². The van der Waals surface area contributed by atoms with Gasteiger partial charge in [0.2, 0.25) is 5.91 Å². The zero-order valence-electron chi connectivity index (χ0n) is 9.75. The second kappa shape index (κ2) is 6.85. The van der Waals surface area contributed by atoms with E-state index >= 15 is 0 Å². The molecule has 1 rings (SSSR count). The van der Waals surface area contributed by atoms with Crippen molar-refractivity contribution in [3.05, 3.63) is 29.8 Å². The van der Waals surface area contributed by atoms with Crippen molar-refractivity contribution in [2.75, 3.05) is 18.6 Å². The maximum absolute atomic E-state index is 11.3. The van der Waals surface area contributed by atoms with Gasteiger partial charge in [0.1, 0.15) is 0 Å². The largest absolute Gasteiger partial charge is 0.381 e. The summed E-state index contributed by atoms with van der Waals surface area (Å²) in [7, 11) is 0. The smallest absolute Gasteiger partial charge is 0.240 e. The Kier molecular flexibility index (Phi) is 5.36. The van der Waals surface area contributed by atoms with E-state index in [0.717, 1.165) is 11.3 Å². The molecule has 0 radical (unpaired) electrons. The average Bonchev–Trinajstić information content (AvgIpc) is 2.28. The van der Waals surface area contributed by atoms with E-state index in [1.54, 1.807) is 0 Å². The van der Waals surface area contributed by atoms with Gasteiger partial charge >= 0.3 is 0 Å². The maximum Gasteiger partial charge on any atom is 0.240 e. The van der Waals surface area contributed by atoms with Crippen LogP contribution in [-0.2, 0) is 9.53 Å². The number of anilines is 1. The van der Waals surface area contributed by atoms with Gasteiger partial charge in [-0.15, -0.1) is 0 Å². The van der Waals surface area contributed by atoms with E-state index in [0.29, 0.717) is 19.6 Å². The fourth-order valence-electron chi connectivity index (χ4n) is 1.22. The summed E-state index contributed by atoms with van der Waals surface area (Å²) in [5.74, 6) is -0.0725. The van der Waals surface area contributed by atoms with Crippen LogP contribution in [0.5, 0.6) is 0 Å². The van der Waals surface area contributed by atoms with Gasteiger partial charge in [-0.05, 0) is 25.5 Å². The number of nitrogens with one attached hydrogen (secondary N) is 2. The Labute approximate surface area is 96.0 Å². The number of ether oxygens (including phenoxy) is 1. The highest BCUT2D eigenvalue weighted by Crippen LogP contribution is 2.11. The van der Waals surface area contributed by atoms with Gasteiger partial charge in [-0.1, -0.05) is 18.2 Å². The molecule has 4 heteroatoms. The van der Waals surface area contributed by atoms with E-state index in [2.05, 4.69) is 10.9 Å².